The van der Waals surface area contributed by atoms with E-state index in [9.17, 15) is 14.4 Å². The Bertz CT molecular complexity index is 745. The first kappa shape index (κ1) is 30.5. The summed E-state index contributed by atoms with van der Waals surface area (Å²) in [5.74, 6) is -1.25. The van der Waals surface area contributed by atoms with Crippen molar-refractivity contribution in [3.8, 4) is 0 Å². The van der Waals surface area contributed by atoms with Gasteiger partial charge < -0.3 is 40.4 Å². The molecule has 1 aromatic carbocycles. The van der Waals surface area contributed by atoms with Crippen molar-refractivity contribution in [3.63, 3.8) is 0 Å². The molecule has 2 atom stereocenters. The summed E-state index contributed by atoms with van der Waals surface area (Å²) < 4.78 is 21.4. The second kappa shape index (κ2) is 18.7. The van der Waals surface area contributed by atoms with Gasteiger partial charge in [-0.3, -0.25) is 14.4 Å². The number of anilines is 1. The fourth-order valence-electron chi connectivity index (χ4n) is 2.69. The van der Waals surface area contributed by atoms with Gasteiger partial charge in [0.05, 0.1) is 52.9 Å². The molecule has 0 aliphatic heterocycles. The maximum atomic E-state index is 12.3. The number of carbonyl (C=O) groups is 3. The quantitative estimate of drug-likeness (QED) is 0.191. The monoisotopic (exact) mass is 497 g/mol. The van der Waals surface area contributed by atoms with Gasteiger partial charge in [-0.1, -0.05) is 19.1 Å². The number of hydrogen-bond donors (Lipinski definition) is 4. The van der Waals surface area contributed by atoms with E-state index in [1.165, 1.54) is 0 Å². The zero-order valence-electron chi connectivity index (χ0n) is 20.6. The topological polar surface area (TPSA) is 158 Å². The molecule has 5 N–H and O–H groups in total. The van der Waals surface area contributed by atoms with Crippen LogP contribution in [0.1, 0.15) is 32.3 Å². The number of rotatable bonds is 20. The Morgan fingerprint density at radius 2 is 1.34 bits per heavy atom. The first-order valence-electron chi connectivity index (χ1n) is 11.7. The van der Waals surface area contributed by atoms with Crippen molar-refractivity contribution in [2.45, 2.75) is 39.3 Å². The van der Waals surface area contributed by atoms with Crippen LogP contribution < -0.4 is 16.4 Å². The lowest BCUT2D eigenvalue weighted by Crippen LogP contribution is -2.43. The molecule has 0 radical (unpaired) electrons. The second-order valence-electron chi connectivity index (χ2n) is 7.93. The predicted octanol–water partition coefficient (Wildman–Crippen LogP) is 0.590. The summed E-state index contributed by atoms with van der Waals surface area (Å²) in [6.07, 6.45) is 0.715. The first-order valence-corrected chi connectivity index (χ1v) is 11.7. The zero-order valence-corrected chi connectivity index (χ0v) is 20.6. The lowest BCUT2D eigenvalue weighted by Gasteiger charge is -2.17. The molecule has 3 amide bonds. The molecule has 0 heterocycles. The minimum absolute atomic E-state index is 0.0663. The summed E-state index contributed by atoms with van der Waals surface area (Å²) in [4.78, 5) is 35.2. The summed E-state index contributed by atoms with van der Waals surface area (Å²) in [6, 6.07) is 6.13. The van der Waals surface area contributed by atoms with Crippen molar-refractivity contribution >= 4 is 23.4 Å². The van der Waals surface area contributed by atoms with Crippen LogP contribution in [-0.2, 0) is 39.9 Å². The highest BCUT2D eigenvalue weighted by atomic mass is 16.6. The van der Waals surface area contributed by atoms with E-state index >= 15 is 0 Å². The smallest absolute Gasteiger partial charge is 0.246 e. The number of ether oxygens (including phenoxy) is 4. The Hall–Kier alpha value is -2.57. The van der Waals surface area contributed by atoms with Crippen LogP contribution in [0.25, 0.3) is 0 Å². The van der Waals surface area contributed by atoms with Gasteiger partial charge in [-0.25, -0.2) is 0 Å². The number of primary amides is 1. The summed E-state index contributed by atoms with van der Waals surface area (Å²) >= 11 is 0. The Morgan fingerprint density at radius 1 is 0.829 bits per heavy atom. The molecule has 11 heteroatoms. The third kappa shape index (κ3) is 15.1. The molecule has 0 saturated heterocycles. The van der Waals surface area contributed by atoms with Crippen LogP contribution in [0.4, 0.5) is 5.69 Å². The van der Waals surface area contributed by atoms with E-state index in [4.69, 9.17) is 29.8 Å². The highest BCUT2D eigenvalue weighted by Crippen LogP contribution is 2.10. The SMILES string of the molecule is C[C@H](NC(=O)[C@@H](C)CCOCCOCCOCCOCCC(N)=O)C(=O)Nc1ccc(CO)cc1. The van der Waals surface area contributed by atoms with Gasteiger partial charge in [0.2, 0.25) is 17.7 Å². The number of nitrogens with two attached hydrogens (primary N) is 1. The minimum atomic E-state index is -0.694. The number of amides is 3. The molecule has 0 aromatic heterocycles. The standard InChI is InChI=1S/C24H39N3O8/c1-18(7-9-32-11-13-34-15-16-35-14-12-33-10-8-22(25)29)23(30)26-19(2)24(31)27-21-5-3-20(17-28)4-6-21/h3-6,18-19,28H,7-17H2,1-2H3,(H2,25,29)(H,26,30)(H,27,31)/t18-,19-/m0/s1. The van der Waals surface area contributed by atoms with E-state index in [0.717, 1.165) is 5.56 Å². The van der Waals surface area contributed by atoms with E-state index < -0.39 is 11.9 Å². The fourth-order valence-corrected chi connectivity index (χ4v) is 2.69. The summed E-state index contributed by atoms with van der Waals surface area (Å²) in [7, 11) is 0. The third-order valence-electron chi connectivity index (χ3n) is 4.91. The first-order chi connectivity index (χ1) is 16.8. The normalized spacial score (nSPS) is 12.7. The van der Waals surface area contributed by atoms with Crippen molar-refractivity contribution < 1.29 is 38.4 Å². The van der Waals surface area contributed by atoms with Crippen LogP contribution in [0.15, 0.2) is 24.3 Å². The van der Waals surface area contributed by atoms with Crippen LogP contribution in [0.5, 0.6) is 0 Å². The molecule has 198 valence electrons. The van der Waals surface area contributed by atoms with Gasteiger partial charge in [-0.05, 0) is 31.0 Å². The van der Waals surface area contributed by atoms with E-state index in [1.54, 1.807) is 38.1 Å². The molecule has 0 aliphatic carbocycles. The summed E-state index contributed by atoms with van der Waals surface area (Å²) in [5, 5.41) is 14.5. The molecule has 0 aliphatic rings. The summed E-state index contributed by atoms with van der Waals surface area (Å²) in [5.41, 5.74) is 6.34. The highest BCUT2D eigenvalue weighted by molar-refractivity contribution is 5.97. The number of carbonyl (C=O) groups excluding carboxylic acids is 3. The molecule has 35 heavy (non-hydrogen) atoms. The number of nitrogens with one attached hydrogen (secondary N) is 2. The maximum Gasteiger partial charge on any atom is 0.246 e. The molecule has 0 fully saturated rings. The maximum absolute atomic E-state index is 12.3. The van der Waals surface area contributed by atoms with Crippen LogP contribution >= 0.6 is 0 Å². The lowest BCUT2D eigenvalue weighted by atomic mass is 10.1. The van der Waals surface area contributed by atoms with Gasteiger partial charge in [-0.15, -0.1) is 0 Å². The molecule has 1 aromatic rings. The molecule has 0 bridgehead atoms. The van der Waals surface area contributed by atoms with Crippen molar-refractivity contribution in [1.29, 1.82) is 0 Å². The average molecular weight is 498 g/mol. The van der Waals surface area contributed by atoms with Gasteiger partial charge >= 0.3 is 0 Å². The second-order valence-corrected chi connectivity index (χ2v) is 7.93. The van der Waals surface area contributed by atoms with E-state index in [2.05, 4.69) is 10.6 Å². The Labute approximate surface area is 206 Å². The molecule has 0 spiro atoms. The molecule has 11 nitrogen and oxygen atoms in total. The summed E-state index contributed by atoms with van der Waals surface area (Å²) in [6.45, 7) is 6.50. The van der Waals surface area contributed by atoms with Crippen molar-refractivity contribution in [2.24, 2.45) is 11.7 Å². The highest BCUT2D eigenvalue weighted by Gasteiger charge is 2.19. The molecular formula is C24H39N3O8. The fraction of sp³-hybridized carbons (Fsp3) is 0.625. The lowest BCUT2D eigenvalue weighted by molar-refractivity contribution is -0.129. The van der Waals surface area contributed by atoms with Gasteiger partial charge in [0.25, 0.3) is 0 Å². The Kier molecular flexibility index (Phi) is 16.3. The Morgan fingerprint density at radius 3 is 1.86 bits per heavy atom. The van der Waals surface area contributed by atoms with Gasteiger partial charge in [0, 0.05) is 24.6 Å². The third-order valence-corrected chi connectivity index (χ3v) is 4.91. The molecule has 1 rings (SSSR count). The molecule has 0 unspecified atom stereocenters. The number of benzene rings is 1. The van der Waals surface area contributed by atoms with Crippen molar-refractivity contribution in [2.75, 3.05) is 58.2 Å². The van der Waals surface area contributed by atoms with E-state index in [-0.39, 0.29) is 30.8 Å². The van der Waals surface area contributed by atoms with E-state index in [1.807, 2.05) is 0 Å². The van der Waals surface area contributed by atoms with Crippen LogP contribution in [0.3, 0.4) is 0 Å². The number of aliphatic hydroxyl groups is 1. The van der Waals surface area contributed by atoms with Gasteiger partial charge in [0.1, 0.15) is 6.04 Å². The number of aliphatic hydroxyl groups excluding tert-OH is 1. The van der Waals surface area contributed by atoms with Crippen molar-refractivity contribution in [3.05, 3.63) is 29.8 Å². The van der Waals surface area contributed by atoms with Crippen molar-refractivity contribution in [1.82, 2.24) is 5.32 Å². The minimum Gasteiger partial charge on any atom is -0.392 e. The zero-order chi connectivity index (χ0) is 25.9. The largest absolute Gasteiger partial charge is 0.392 e. The molecule has 0 saturated carbocycles. The average Bonchev–Trinajstić information content (AvgIpc) is 2.84. The number of hydrogen-bond acceptors (Lipinski definition) is 8. The Balaban J connectivity index is 2.02. The van der Waals surface area contributed by atoms with Crippen LogP contribution in [0.2, 0.25) is 0 Å². The van der Waals surface area contributed by atoms with Gasteiger partial charge in [-0.2, -0.15) is 0 Å². The van der Waals surface area contributed by atoms with Crippen LogP contribution in [-0.4, -0.2) is 81.7 Å². The molecular weight excluding hydrogens is 458 g/mol. The van der Waals surface area contributed by atoms with Gasteiger partial charge in [0.15, 0.2) is 0 Å². The predicted molar refractivity (Wildman–Crippen MR) is 129 cm³/mol. The van der Waals surface area contributed by atoms with E-state index in [0.29, 0.717) is 65.0 Å². The van der Waals surface area contributed by atoms with Crippen LogP contribution in [0, 0.1) is 5.92 Å².